The zero-order valence-corrected chi connectivity index (χ0v) is 17.7. The van der Waals surface area contributed by atoms with Gasteiger partial charge in [-0.05, 0) is 48.9 Å². The lowest BCUT2D eigenvalue weighted by molar-refractivity contribution is -0.110. The number of amides is 2. The minimum absolute atomic E-state index is 0.146. The van der Waals surface area contributed by atoms with E-state index in [4.69, 9.17) is 4.99 Å². The van der Waals surface area contributed by atoms with Gasteiger partial charge in [0, 0.05) is 30.4 Å². The average Bonchev–Trinajstić information content (AvgIpc) is 3.29. The van der Waals surface area contributed by atoms with Gasteiger partial charge in [-0.1, -0.05) is 12.1 Å². The van der Waals surface area contributed by atoms with Crippen LogP contribution < -0.4 is 16.0 Å². The van der Waals surface area contributed by atoms with Crippen LogP contribution in [-0.2, 0) is 4.79 Å². The minimum Gasteiger partial charge on any atom is -0.340 e. The maximum atomic E-state index is 12.3. The molecule has 0 aliphatic carbocycles. The number of amidine groups is 2. The Morgan fingerprint density at radius 3 is 2.67 bits per heavy atom. The van der Waals surface area contributed by atoms with Crippen LogP contribution in [0.2, 0.25) is 0 Å². The van der Waals surface area contributed by atoms with Gasteiger partial charge in [-0.25, -0.2) is 4.99 Å². The number of nitrogens with zero attached hydrogens (tertiary/aromatic N) is 4. The number of fused-ring (bicyclic) bond motifs is 1. The molecule has 0 spiro atoms. The Labute approximate surface area is 190 Å². The highest BCUT2D eigenvalue weighted by atomic mass is 16.2. The lowest BCUT2D eigenvalue weighted by Gasteiger charge is -2.16. The Kier molecular flexibility index (Phi) is 5.59. The van der Waals surface area contributed by atoms with E-state index in [2.05, 4.69) is 30.9 Å². The first-order chi connectivity index (χ1) is 16.2. The van der Waals surface area contributed by atoms with Gasteiger partial charge in [-0.3, -0.25) is 24.6 Å². The maximum absolute atomic E-state index is 12.3. The maximum Gasteiger partial charge on any atom is 0.275 e. The number of nitrogens with one attached hydrogen (secondary N) is 3. The van der Waals surface area contributed by atoms with Crippen molar-refractivity contribution in [3.05, 3.63) is 84.0 Å². The monoisotopic (exact) mass is 439 g/mol. The van der Waals surface area contributed by atoms with Crippen molar-refractivity contribution in [2.24, 2.45) is 15.0 Å². The molecule has 2 amide bonds. The third-order valence-electron chi connectivity index (χ3n) is 5.31. The smallest absolute Gasteiger partial charge is 0.275 e. The van der Waals surface area contributed by atoms with Crippen LogP contribution in [-0.4, -0.2) is 46.8 Å². The van der Waals surface area contributed by atoms with E-state index in [0.717, 1.165) is 23.5 Å². The number of rotatable bonds is 4. The summed E-state index contributed by atoms with van der Waals surface area (Å²) in [6, 6.07) is 12.5. The van der Waals surface area contributed by atoms with E-state index in [9.17, 15) is 9.59 Å². The Hall–Kier alpha value is -4.40. The van der Waals surface area contributed by atoms with Gasteiger partial charge in [0.2, 0.25) is 0 Å². The van der Waals surface area contributed by atoms with Crippen LogP contribution >= 0.6 is 0 Å². The quantitative estimate of drug-likeness (QED) is 0.676. The van der Waals surface area contributed by atoms with E-state index >= 15 is 0 Å². The number of carbonyl (C=O) groups is 2. The number of hydrogen-bond acceptors (Lipinski definition) is 7. The largest absolute Gasteiger partial charge is 0.340 e. The highest BCUT2D eigenvalue weighted by Gasteiger charge is 2.28. The molecule has 3 aliphatic rings. The van der Waals surface area contributed by atoms with E-state index in [0.29, 0.717) is 35.9 Å². The Bertz CT molecular complexity index is 1240. The fourth-order valence-corrected chi connectivity index (χ4v) is 3.62. The number of aromatic nitrogens is 1. The molecule has 5 rings (SSSR count). The standard InChI is InChI=1S/C24H21N7O2/c32-23(17-5-1-3-11-25-17)28-16-9-7-15(8-10-16)22-29-19-13-21(27-14-20(19)30-22)31-24(33)18-6-2-4-12-26-18/h1-2,4-10,12,14,19H,3,11,13H2,(H,28,32)(H,29,30)(H,27,31,33). The summed E-state index contributed by atoms with van der Waals surface area (Å²) in [7, 11) is 0. The van der Waals surface area contributed by atoms with E-state index < -0.39 is 0 Å². The van der Waals surface area contributed by atoms with Crippen LogP contribution in [0.25, 0.3) is 0 Å². The third-order valence-corrected chi connectivity index (χ3v) is 5.31. The lowest BCUT2D eigenvalue weighted by atomic mass is 10.1. The summed E-state index contributed by atoms with van der Waals surface area (Å²) in [5.41, 5.74) is 3.22. The van der Waals surface area contributed by atoms with Gasteiger partial charge in [-0.2, -0.15) is 0 Å². The molecule has 33 heavy (non-hydrogen) atoms. The second-order valence-corrected chi connectivity index (χ2v) is 7.64. The van der Waals surface area contributed by atoms with E-state index in [1.165, 1.54) is 0 Å². The molecule has 1 aromatic heterocycles. The van der Waals surface area contributed by atoms with Crippen molar-refractivity contribution in [3.8, 4) is 0 Å². The number of dihydropyridines is 1. The average molecular weight is 439 g/mol. The predicted molar refractivity (Wildman–Crippen MR) is 126 cm³/mol. The Morgan fingerprint density at radius 1 is 1.03 bits per heavy atom. The van der Waals surface area contributed by atoms with Crippen LogP contribution in [0.5, 0.6) is 0 Å². The van der Waals surface area contributed by atoms with Crippen LogP contribution in [0.3, 0.4) is 0 Å². The van der Waals surface area contributed by atoms with Gasteiger partial charge in [0.1, 0.15) is 29.1 Å². The second-order valence-electron chi connectivity index (χ2n) is 7.64. The number of anilines is 1. The third kappa shape index (κ3) is 4.62. The summed E-state index contributed by atoms with van der Waals surface area (Å²) in [6.07, 6.45) is 8.29. The van der Waals surface area contributed by atoms with E-state index in [-0.39, 0.29) is 17.9 Å². The Morgan fingerprint density at radius 2 is 1.91 bits per heavy atom. The molecule has 2 aromatic rings. The molecular weight excluding hydrogens is 418 g/mol. The van der Waals surface area contributed by atoms with Gasteiger partial charge in [0.25, 0.3) is 11.8 Å². The van der Waals surface area contributed by atoms with Crippen molar-refractivity contribution < 1.29 is 9.59 Å². The number of pyridine rings is 1. The minimum atomic E-state index is -0.298. The molecule has 0 fully saturated rings. The fraction of sp³-hybridized carbons (Fsp3) is 0.167. The van der Waals surface area contributed by atoms with Crippen molar-refractivity contribution in [1.82, 2.24) is 15.6 Å². The molecule has 4 heterocycles. The molecule has 164 valence electrons. The van der Waals surface area contributed by atoms with Gasteiger partial charge in [-0.15, -0.1) is 0 Å². The van der Waals surface area contributed by atoms with Gasteiger partial charge in [0.05, 0.1) is 11.9 Å². The zero-order valence-electron chi connectivity index (χ0n) is 17.7. The fourth-order valence-electron chi connectivity index (χ4n) is 3.62. The number of aliphatic imine (C=N–C) groups is 3. The molecule has 1 aromatic carbocycles. The summed E-state index contributed by atoms with van der Waals surface area (Å²) in [4.78, 5) is 42.0. The van der Waals surface area contributed by atoms with Crippen molar-refractivity contribution in [2.45, 2.75) is 18.9 Å². The number of carbonyl (C=O) groups excluding carboxylic acids is 2. The highest BCUT2D eigenvalue weighted by molar-refractivity contribution is 6.47. The molecule has 0 radical (unpaired) electrons. The molecular formula is C24H21N7O2. The summed E-state index contributed by atoms with van der Waals surface area (Å²) in [6.45, 7) is 0.638. The van der Waals surface area contributed by atoms with Crippen LogP contribution in [0.15, 0.2) is 87.7 Å². The number of benzene rings is 1. The molecule has 9 nitrogen and oxygen atoms in total. The van der Waals surface area contributed by atoms with E-state index in [1.54, 1.807) is 36.7 Å². The van der Waals surface area contributed by atoms with Gasteiger partial charge < -0.3 is 16.0 Å². The number of hydrogen-bond donors (Lipinski definition) is 3. The Balaban J connectivity index is 1.21. The summed E-state index contributed by atoms with van der Waals surface area (Å²) in [5, 5.41) is 8.96. The molecule has 9 heteroatoms. The SMILES string of the molecule is O=C(Nc1ccc(C2=NC3CC(NC(=O)c4ccccn4)=NC=C3N2)cc1)C1=NCCC=C1. The normalized spacial score (nSPS) is 18.7. The summed E-state index contributed by atoms with van der Waals surface area (Å²) in [5.74, 6) is 0.748. The summed E-state index contributed by atoms with van der Waals surface area (Å²) >= 11 is 0. The van der Waals surface area contributed by atoms with Crippen LogP contribution in [0, 0.1) is 0 Å². The van der Waals surface area contributed by atoms with Gasteiger partial charge >= 0.3 is 0 Å². The molecule has 0 bridgehead atoms. The first-order valence-electron chi connectivity index (χ1n) is 10.6. The molecule has 1 atom stereocenters. The second kappa shape index (κ2) is 8.99. The summed E-state index contributed by atoms with van der Waals surface area (Å²) < 4.78 is 0. The molecule has 0 saturated carbocycles. The molecule has 3 N–H and O–H groups in total. The van der Waals surface area contributed by atoms with Crippen LogP contribution in [0.1, 0.15) is 28.9 Å². The molecule has 3 aliphatic heterocycles. The topological polar surface area (TPSA) is 120 Å². The molecule has 1 unspecified atom stereocenters. The lowest BCUT2D eigenvalue weighted by Crippen LogP contribution is -2.35. The van der Waals surface area contributed by atoms with Crippen molar-refractivity contribution in [3.63, 3.8) is 0 Å². The van der Waals surface area contributed by atoms with E-state index in [1.807, 2.05) is 30.3 Å². The zero-order chi connectivity index (χ0) is 22.6. The predicted octanol–water partition coefficient (Wildman–Crippen LogP) is 2.21. The van der Waals surface area contributed by atoms with Gasteiger partial charge in [0.15, 0.2) is 0 Å². The van der Waals surface area contributed by atoms with Crippen molar-refractivity contribution in [2.75, 3.05) is 11.9 Å². The highest BCUT2D eigenvalue weighted by Crippen LogP contribution is 2.22. The first-order valence-corrected chi connectivity index (χ1v) is 10.6. The van der Waals surface area contributed by atoms with Crippen molar-refractivity contribution in [1.29, 1.82) is 0 Å². The van der Waals surface area contributed by atoms with Crippen molar-refractivity contribution >= 4 is 34.9 Å². The van der Waals surface area contributed by atoms with Crippen LogP contribution in [0.4, 0.5) is 5.69 Å². The molecule has 0 saturated heterocycles. The first kappa shape index (κ1) is 20.5.